The average molecular weight is 344 g/mol. The van der Waals surface area contributed by atoms with Gasteiger partial charge in [0, 0.05) is 37.9 Å². The zero-order valence-corrected chi connectivity index (χ0v) is 13.9. The van der Waals surface area contributed by atoms with E-state index in [1.165, 1.54) is 12.1 Å². The standard InChI is InChI=1S/C19H21FN2O3/c20-15-3-1-4-17(11-15)25-19-9-6-14(13-22-19)12-21-18(23)8-7-16-5-2-10-24-16/h1,3-4,6,9,11,13,16H,2,5,7-8,10,12H2,(H,21,23)/t16-/m0/s1. The second-order valence-corrected chi connectivity index (χ2v) is 6.01. The van der Waals surface area contributed by atoms with Crippen LogP contribution in [0.1, 0.15) is 31.2 Å². The van der Waals surface area contributed by atoms with Crippen LogP contribution in [-0.2, 0) is 16.1 Å². The van der Waals surface area contributed by atoms with Gasteiger partial charge < -0.3 is 14.8 Å². The maximum atomic E-state index is 13.1. The van der Waals surface area contributed by atoms with Gasteiger partial charge in [0.05, 0.1) is 6.10 Å². The van der Waals surface area contributed by atoms with E-state index in [-0.39, 0.29) is 17.8 Å². The third-order valence-electron chi connectivity index (χ3n) is 4.02. The monoisotopic (exact) mass is 344 g/mol. The van der Waals surface area contributed by atoms with Crippen molar-refractivity contribution in [2.75, 3.05) is 6.61 Å². The summed E-state index contributed by atoms with van der Waals surface area (Å²) >= 11 is 0. The van der Waals surface area contributed by atoms with Crippen molar-refractivity contribution in [3.63, 3.8) is 0 Å². The van der Waals surface area contributed by atoms with Crippen LogP contribution in [0.25, 0.3) is 0 Å². The molecule has 132 valence electrons. The number of nitrogens with zero attached hydrogens (tertiary/aromatic N) is 1. The molecule has 0 spiro atoms. The average Bonchev–Trinajstić information content (AvgIpc) is 3.13. The second kappa shape index (κ2) is 8.58. The number of ether oxygens (including phenoxy) is 2. The lowest BCUT2D eigenvalue weighted by atomic mass is 10.1. The van der Waals surface area contributed by atoms with Gasteiger partial charge in [-0.15, -0.1) is 0 Å². The highest BCUT2D eigenvalue weighted by Crippen LogP contribution is 2.20. The predicted molar refractivity (Wildman–Crippen MR) is 90.8 cm³/mol. The van der Waals surface area contributed by atoms with E-state index in [0.717, 1.165) is 31.4 Å². The minimum absolute atomic E-state index is 0.00980. The number of benzene rings is 1. The highest BCUT2D eigenvalue weighted by molar-refractivity contribution is 5.75. The molecule has 1 aliphatic heterocycles. The minimum Gasteiger partial charge on any atom is -0.439 e. The number of rotatable bonds is 7. The Kier molecular flexibility index (Phi) is 5.95. The molecule has 1 fully saturated rings. The zero-order chi connectivity index (χ0) is 17.5. The molecule has 1 aliphatic rings. The van der Waals surface area contributed by atoms with Gasteiger partial charge in [-0.05, 0) is 37.0 Å². The van der Waals surface area contributed by atoms with Crippen LogP contribution in [0.2, 0.25) is 0 Å². The lowest BCUT2D eigenvalue weighted by Crippen LogP contribution is -2.23. The molecule has 2 aromatic rings. The van der Waals surface area contributed by atoms with Gasteiger partial charge in [0.15, 0.2) is 0 Å². The Hall–Kier alpha value is -2.47. The molecule has 1 aromatic carbocycles. The van der Waals surface area contributed by atoms with E-state index < -0.39 is 0 Å². The van der Waals surface area contributed by atoms with E-state index >= 15 is 0 Å². The van der Waals surface area contributed by atoms with E-state index in [4.69, 9.17) is 9.47 Å². The van der Waals surface area contributed by atoms with Crippen LogP contribution >= 0.6 is 0 Å². The first kappa shape index (κ1) is 17.4. The van der Waals surface area contributed by atoms with Gasteiger partial charge in [-0.25, -0.2) is 9.37 Å². The number of aromatic nitrogens is 1. The van der Waals surface area contributed by atoms with Crippen LogP contribution in [0, 0.1) is 5.82 Å². The number of hydrogen-bond donors (Lipinski definition) is 1. The van der Waals surface area contributed by atoms with Gasteiger partial charge in [-0.1, -0.05) is 12.1 Å². The molecule has 1 aromatic heterocycles. The summed E-state index contributed by atoms with van der Waals surface area (Å²) in [5.74, 6) is 0.414. The van der Waals surface area contributed by atoms with Crippen LogP contribution in [0.5, 0.6) is 11.6 Å². The number of nitrogens with one attached hydrogen (secondary N) is 1. The fraction of sp³-hybridized carbons (Fsp3) is 0.368. The molecule has 0 saturated carbocycles. The molecular weight excluding hydrogens is 323 g/mol. The van der Waals surface area contributed by atoms with Crippen molar-refractivity contribution in [3.05, 3.63) is 54.0 Å². The van der Waals surface area contributed by atoms with Crippen molar-refractivity contribution in [3.8, 4) is 11.6 Å². The molecule has 2 heterocycles. The van der Waals surface area contributed by atoms with Crippen molar-refractivity contribution >= 4 is 5.91 Å². The molecule has 5 nitrogen and oxygen atoms in total. The highest BCUT2D eigenvalue weighted by Gasteiger charge is 2.16. The molecule has 3 rings (SSSR count). The molecule has 1 saturated heterocycles. The fourth-order valence-electron chi connectivity index (χ4n) is 2.68. The molecule has 6 heteroatoms. The lowest BCUT2D eigenvalue weighted by molar-refractivity contribution is -0.121. The molecule has 25 heavy (non-hydrogen) atoms. The third kappa shape index (κ3) is 5.53. The van der Waals surface area contributed by atoms with E-state index in [0.29, 0.717) is 24.6 Å². The molecule has 0 radical (unpaired) electrons. The molecule has 0 unspecified atom stereocenters. The highest BCUT2D eigenvalue weighted by atomic mass is 19.1. The smallest absolute Gasteiger partial charge is 0.220 e. The summed E-state index contributed by atoms with van der Waals surface area (Å²) < 4.78 is 24.1. The van der Waals surface area contributed by atoms with Gasteiger partial charge in [-0.3, -0.25) is 4.79 Å². The van der Waals surface area contributed by atoms with Crippen molar-refractivity contribution in [2.24, 2.45) is 0 Å². The largest absolute Gasteiger partial charge is 0.439 e. The summed E-state index contributed by atoms with van der Waals surface area (Å²) in [6.07, 6.45) is 5.23. The zero-order valence-electron chi connectivity index (χ0n) is 13.9. The molecule has 0 bridgehead atoms. The van der Waals surface area contributed by atoms with E-state index in [9.17, 15) is 9.18 Å². The van der Waals surface area contributed by atoms with Crippen molar-refractivity contribution < 1.29 is 18.7 Å². The van der Waals surface area contributed by atoms with Crippen molar-refractivity contribution in [2.45, 2.75) is 38.3 Å². The number of amides is 1. The summed E-state index contributed by atoms with van der Waals surface area (Å²) in [5.41, 5.74) is 0.872. The first-order chi connectivity index (χ1) is 12.2. The third-order valence-corrected chi connectivity index (χ3v) is 4.02. The summed E-state index contributed by atoms with van der Waals surface area (Å²) in [7, 11) is 0. The molecule has 1 N–H and O–H groups in total. The van der Waals surface area contributed by atoms with Crippen molar-refractivity contribution in [1.29, 1.82) is 0 Å². The Balaban J connectivity index is 1.43. The first-order valence-electron chi connectivity index (χ1n) is 8.46. The normalized spacial score (nSPS) is 16.6. The summed E-state index contributed by atoms with van der Waals surface area (Å²) in [5, 5.41) is 2.87. The van der Waals surface area contributed by atoms with Gasteiger partial charge in [0.2, 0.25) is 11.8 Å². The van der Waals surface area contributed by atoms with Crippen molar-refractivity contribution in [1.82, 2.24) is 10.3 Å². The minimum atomic E-state index is -0.361. The number of carbonyl (C=O) groups is 1. The van der Waals surface area contributed by atoms with Gasteiger partial charge in [0.25, 0.3) is 0 Å². The van der Waals surface area contributed by atoms with Gasteiger partial charge in [0.1, 0.15) is 11.6 Å². The predicted octanol–water partition coefficient (Wildman–Crippen LogP) is 3.59. The Morgan fingerprint density at radius 2 is 2.28 bits per heavy atom. The topological polar surface area (TPSA) is 60.5 Å². The Morgan fingerprint density at radius 3 is 3.00 bits per heavy atom. The number of halogens is 1. The molecule has 0 aliphatic carbocycles. The Labute approximate surface area is 146 Å². The first-order valence-corrected chi connectivity index (χ1v) is 8.46. The van der Waals surface area contributed by atoms with Gasteiger partial charge >= 0.3 is 0 Å². The van der Waals surface area contributed by atoms with Crippen LogP contribution in [0.15, 0.2) is 42.6 Å². The lowest BCUT2D eigenvalue weighted by Gasteiger charge is -2.10. The number of pyridine rings is 1. The number of hydrogen-bond acceptors (Lipinski definition) is 4. The molecule has 1 atom stereocenters. The maximum absolute atomic E-state index is 13.1. The fourth-order valence-corrected chi connectivity index (χ4v) is 2.68. The van der Waals surface area contributed by atoms with Crippen LogP contribution in [0.3, 0.4) is 0 Å². The summed E-state index contributed by atoms with van der Waals surface area (Å²) in [6.45, 7) is 1.22. The van der Waals surface area contributed by atoms with Crippen LogP contribution in [-0.4, -0.2) is 23.6 Å². The van der Waals surface area contributed by atoms with Gasteiger partial charge in [-0.2, -0.15) is 0 Å². The van der Waals surface area contributed by atoms with E-state index in [2.05, 4.69) is 10.3 Å². The number of carbonyl (C=O) groups excluding carboxylic acids is 1. The Bertz CT molecular complexity index is 700. The summed E-state index contributed by atoms with van der Waals surface area (Å²) in [4.78, 5) is 16.0. The summed E-state index contributed by atoms with van der Waals surface area (Å²) in [6, 6.07) is 9.40. The molecule has 1 amide bonds. The van der Waals surface area contributed by atoms with Crippen LogP contribution in [0.4, 0.5) is 4.39 Å². The Morgan fingerprint density at radius 1 is 1.36 bits per heavy atom. The van der Waals surface area contributed by atoms with E-state index in [1.54, 1.807) is 24.4 Å². The molecular formula is C19H21FN2O3. The quantitative estimate of drug-likeness (QED) is 0.834. The maximum Gasteiger partial charge on any atom is 0.220 e. The van der Waals surface area contributed by atoms with E-state index in [1.807, 2.05) is 6.07 Å². The second-order valence-electron chi connectivity index (χ2n) is 6.01. The van der Waals surface area contributed by atoms with Crippen LogP contribution < -0.4 is 10.1 Å². The SMILES string of the molecule is O=C(CC[C@@H]1CCCO1)NCc1ccc(Oc2cccc(F)c2)nc1.